The van der Waals surface area contributed by atoms with Gasteiger partial charge in [0.1, 0.15) is 17.5 Å². The maximum atomic E-state index is 5.42. The minimum atomic E-state index is 0.671. The van der Waals surface area contributed by atoms with Gasteiger partial charge in [-0.05, 0) is 33.1 Å². The van der Waals surface area contributed by atoms with E-state index in [9.17, 15) is 0 Å². The Morgan fingerprint density at radius 3 is 2.50 bits per heavy atom. The second-order valence-corrected chi connectivity index (χ2v) is 4.22. The van der Waals surface area contributed by atoms with Crippen LogP contribution < -0.4 is 16.6 Å². The van der Waals surface area contributed by atoms with Gasteiger partial charge in [0.05, 0.1) is 0 Å². The van der Waals surface area contributed by atoms with Crippen molar-refractivity contribution in [2.75, 3.05) is 31.0 Å². The molecule has 0 aliphatic rings. The van der Waals surface area contributed by atoms with Crippen molar-refractivity contribution in [3.8, 4) is 0 Å². The van der Waals surface area contributed by atoms with Crippen molar-refractivity contribution >= 4 is 11.6 Å². The predicted octanol–water partition coefficient (Wildman–Crippen LogP) is 1.61. The smallest absolute Gasteiger partial charge is 0.148 e. The summed E-state index contributed by atoms with van der Waals surface area (Å²) in [6.45, 7) is 5.52. The predicted molar refractivity (Wildman–Crippen MR) is 73.5 cm³/mol. The van der Waals surface area contributed by atoms with Crippen LogP contribution in [0.15, 0.2) is 0 Å². The lowest BCUT2D eigenvalue weighted by molar-refractivity contribution is 0.192. The van der Waals surface area contributed by atoms with E-state index in [2.05, 4.69) is 20.7 Å². The number of hydrogen-bond acceptors (Lipinski definition) is 6. The molecule has 0 radical (unpaired) electrons. The average molecular weight is 253 g/mol. The highest BCUT2D eigenvalue weighted by atomic mass is 16.5. The zero-order valence-corrected chi connectivity index (χ0v) is 11.4. The number of hydrogen-bond donors (Lipinski definition) is 3. The Labute approximate surface area is 108 Å². The average Bonchev–Trinajstić information content (AvgIpc) is 2.37. The van der Waals surface area contributed by atoms with Gasteiger partial charge in [0.15, 0.2) is 0 Å². The molecular weight excluding hydrogens is 230 g/mol. The number of hydrazine groups is 1. The van der Waals surface area contributed by atoms with Gasteiger partial charge in [-0.3, -0.25) is 0 Å². The van der Waals surface area contributed by atoms with Crippen LogP contribution in [-0.2, 0) is 4.74 Å². The first-order valence-electron chi connectivity index (χ1n) is 6.23. The second-order valence-electron chi connectivity index (χ2n) is 4.22. The molecule has 4 N–H and O–H groups in total. The monoisotopic (exact) mass is 253 g/mol. The Morgan fingerprint density at radius 2 is 1.83 bits per heavy atom. The molecule has 18 heavy (non-hydrogen) atoms. The summed E-state index contributed by atoms with van der Waals surface area (Å²) in [7, 11) is 1.73. The molecule has 0 amide bonds. The number of aryl methyl sites for hydroxylation is 1. The summed E-state index contributed by atoms with van der Waals surface area (Å²) in [6.07, 6.45) is 3.33. The van der Waals surface area contributed by atoms with Gasteiger partial charge in [-0.25, -0.2) is 15.8 Å². The van der Waals surface area contributed by atoms with E-state index in [-0.39, 0.29) is 0 Å². The van der Waals surface area contributed by atoms with Crippen LogP contribution in [0.5, 0.6) is 0 Å². The molecule has 0 unspecified atom stereocenters. The van der Waals surface area contributed by atoms with Crippen molar-refractivity contribution in [2.45, 2.75) is 33.1 Å². The van der Waals surface area contributed by atoms with Crippen molar-refractivity contribution in [3.05, 3.63) is 11.4 Å². The number of nitrogens with zero attached hydrogens (tertiary/aromatic N) is 2. The number of ether oxygens (including phenoxy) is 1. The molecule has 1 heterocycles. The lowest BCUT2D eigenvalue weighted by atomic mass is 10.2. The third kappa shape index (κ3) is 4.46. The van der Waals surface area contributed by atoms with Crippen LogP contribution in [0.1, 0.15) is 30.7 Å². The van der Waals surface area contributed by atoms with Crippen molar-refractivity contribution in [1.29, 1.82) is 0 Å². The van der Waals surface area contributed by atoms with Crippen LogP contribution in [-0.4, -0.2) is 30.2 Å². The van der Waals surface area contributed by atoms with E-state index in [1.54, 1.807) is 7.11 Å². The number of unbranched alkanes of at least 4 members (excludes halogenated alkanes) is 2. The fraction of sp³-hybridized carbons (Fsp3) is 0.667. The van der Waals surface area contributed by atoms with Crippen molar-refractivity contribution in [1.82, 2.24) is 9.97 Å². The zero-order chi connectivity index (χ0) is 13.4. The molecule has 0 atom stereocenters. The normalized spacial score (nSPS) is 10.4. The lowest BCUT2D eigenvalue weighted by Crippen LogP contribution is -2.14. The largest absolute Gasteiger partial charge is 0.385 e. The van der Waals surface area contributed by atoms with Gasteiger partial charge in [-0.1, -0.05) is 0 Å². The minimum Gasteiger partial charge on any atom is -0.385 e. The Kier molecular flexibility index (Phi) is 6.38. The molecule has 0 fully saturated rings. The minimum absolute atomic E-state index is 0.671. The molecule has 0 spiro atoms. The van der Waals surface area contributed by atoms with Gasteiger partial charge < -0.3 is 15.5 Å². The molecule has 0 saturated carbocycles. The molecule has 6 nitrogen and oxygen atoms in total. The highest BCUT2D eigenvalue weighted by Gasteiger charge is 2.07. The lowest BCUT2D eigenvalue weighted by Gasteiger charge is -2.12. The Balaban J connectivity index is 2.44. The highest BCUT2D eigenvalue weighted by molar-refractivity contribution is 5.56. The zero-order valence-electron chi connectivity index (χ0n) is 11.4. The first-order chi connectivity index (χ1) is 8.69. The number of anilines is 2. The summed E-state index contributed by atoms with van der Waals surface area (Å²) < 4.78 is 5.01. The molecule has 0 bridgehead atoms. The van der Waals surface area contributed by atoms with Gasteiger partial charge in [0.2, 0.25) is 0 Å². The second kappa shape index (κ2) is 7.84. The Morgan fingerprint density at radius 1 is 1.11 bits per heavy atom. The topological polar surface area (TPSA) is 85.1 Å². The van der Waals surface area contributed by atoms with Crippen LogP contribution >= 0.6 is 0 Å². The maximum Gasteiger partial charge on any atom is 0.148 e. The van der Waals surface area contributed by atoms with Crippen molar-refractivity contribution in [2.24, 2.45) is 5.84 Å². The number of nitrogens with one attached hydrogen (secondary N) is 2. The van der Waals surface area contributed by atoms with Crippen LogP contribution in [0.3, 0.4) is 0 Å². The van der Waals surface area contributed by atoms with E-state index in [1.807, 2.05) is 13.8 Å². The molecule has 0 aliphatic carbocycles. The van der Waals surface area contributed by atoms with Gasteiger partial charge in [0, 0.05) is 25.8 Å². The third-order valence-corrected chi connectivity index (χ3v) is 2.71. The Hall–Kier alpha value is -1.40. The summed E-state index contributed by atoms with van der Waals surface area (Å²) in [5.74, 6) is 7.64. The number of nitrogens with two attached hydrogens (primary N) is 1. The molecule has 6 heteroatoms. The van der Waals surface area contributed by atoms with E-state index in [0.717, 1.165) is 43.8 Å². The van der Waals surface area contributed by atoms with E-state index in [1.165, 1.54) is 0 Å². The number of nitrogen functional groups attached to an aromatic ring is 1. The number of aromatic nitrogens is 2. The SMILES string of the molecule is COCCCCCNc1nc(C)nc(NN)c1C. The van der Waals surface area contributed by atoms with Crippen LogP contribution in [0.4, 0.5) is 11.6 Å². The van der Waals surface area contributed by atoms with Crippen molar-refractivity contribution in [3.63, 3.8) is 0 Å². The molecule has 0 saturated heterocycles. The quantitative estimate of drug-likeness (QED) is 0.371. The van der Waals surface area contributed by atoms with E-state index >= 15 is 0 Å². The number of methoxy groups -OCH3 is 1. The van der Waals surface area contributed by atoms with Crippen LogP contribution in [0, 0.1) is 13.8 Å². The first-order valence-corrected chi connectivity index (χ1v) is 6.23. The van der Waals surface area contributed by atoms with Crippen LogP contribution in [0.25, 0.3) is 0 Å². The van der Waals surface area contributed by atoms with Crippen LogP contribution in [0.2, 0.25) is 0 Å². The molecule has 0 aromatic carbocycles. The highest BCUT2D eigenvalue weighted by Crippen LogP contribution is 2.18. The third-order valence-electron chi connectivity index (χ3n) is 2.71. The van der Waals surface area contributed by atoms with E-state index in [4.69, 9.17) is 10.6 Å². The molecule has 1 aromatic heterocycles. The summed E-state index contributed by atoms with van der Waals surface area (Å²) in [5, 5.41) is 3.32. The van der Waals surface area contributed by atoms with Gasteiger partial charge in [-0.15, -0.1) is 0 Å². The van der Waals surface area contributed by atoms with Gasteiger partial charge in [-0.2, -0.15) is 0 Å². The summed E-state index contributed by atoms with van der Waals surface area (Å²) in [4.78, 5) is 8.59. The van der Waals surface area contributed by atoms with Gasteiger partial charge >= 0.3 is 0 Å². The molecule has 1 aromatic rings. The molecule has 1 rings (SSSR count). The fourth-order valence-electron chi connectivity index (χ4n) is 1.70. The Bertz CT molecular complexity index is 370. The van der Waals surface area contributed by atoms with E-state index < -0.39 is 0 Å². The molecule has 102 valence electrons. The summed E-state index contributed by atoms with van der Waals surface area (Å²) in [6, 6.07) is 0. The maximum absolute atomic E-state index is 5.42. The first kappa shape index (κ1) is 14.7. The van der Waals surface area contributed by atoms with E-state index in [0.29, 0.717) is 11.6 Å². The van der Waals surface area contributed by atoms with Gasteiger partial charge in [0.25, 0.3) is 0 Å². The molecule has 0 aliphatic heterocycles. The fourth-order valence-corrected chi connectivity index (χ4v) is 1.70. The summed E-state index contributed by atoms with van der Waals surface area (Å²) in [5.41, 5.74) is 3.53. The molecular formula is C12H23N5O. The summed E-state index contributed by atoms with van der Waals surface area (Å²) >= 11 is 0. The standard InChI is InChI=1S/C12H23N5O/c1-9-11(14-7-5-4-6-8-18-3)15-10(2)16-12(9)17-13/h4-8,13H2,1-3H3,(H2,14,15,16,17). The number of rotatable bonds is 8. The van der Waals surface area contributed by atoms with Crippen molar-refractivity contribution < 1.29 is 4.74 Å².